The number of nitrogens with one attached hydrogen (secondary N) is 1. The van der Waals surface area contributed by atoms with Gasteiger partial charge < -0.3 is 29.3 Å². The summed E-state index contributed by atoms with van der Waals surface area (Å²) in [7, 11) is 1.68. The number of carbonyl (C=O) groups excluding carboxylic acids is 1. The molecule has 0 radical (unpaired) electrons. The first kappa shape index (κ1) is 32.7. The van der Waals surface area contributed by atoms with Crippen LogP contribution in [0.2, 0.25) is 0 Å². The summed E-state index contributed by atoms with van der Waals surface area (Å²) in [6.07, 6.45) is 9.10. The fourth-order valence-electron chi connectivity index (χ4n) is 6.92. The van der Waals surface area contributed by atoms with Gasteiger partial charge >= 0.3 is 0 Å². The smallest absolute Gasteiger partial charge is 0.257 e. The fraction of sp³-hybridized carbons (Fsp3) is 0.486. The molecular weight excluding hydrogens is 624 g/mol. The van der Waals surface area contributed by atoms with Crippen molar-refractivity contribution in [3.63, 3.8) is 0 Å². The number of piperidine rings is 1. The average Bonchev–Trinajstić information content (AvgIpc) is 3.88. The van der Waals surface area contributed by atoms with E-state index in [4.69, 9.17) is 14.2 Å². The van der Waals surface area contributed by atoms with E-state index in [2.05, 4.69) is 52.7 Å². The first-order valence-electron chi connectivity index (χ1n) is 17.2. The Bertz CT molecular complexity index is 1680. The highest BCUT2D eigenvalue weighted by Crippen LogP contribution is 2.34. The summed E-state index contributed by atoms with van der Waals surface area (Å²) < 4.78 is 19.3. The summed E-state index contributed by atoms with van der Waals surface area (Å²) >= 11 is 0. The maximum Gasteiger partial charge on any atom is 0.257 e. The number of amides is 1. The van der Waals surface area contributed by atoms with E-state index >= 15 is 0 Å². The Hall–Kier alpha value is -4.82. The van der Waals surface area contributed by atoms with E-state index in [1.165, 1.54) is 0 Å². The zero-order valence-corrected chi connectivity index (χ0v) is 28.2. The summed E-state index contributed by atoms with van der Waals surface area (Å²) in [6.45, 7) is 9.65. The van der Waals surface area contributed by atoms with Gasteiger partial charge in [0, 0.05) is 75.0 Å². The van der Waals surface area contributed by atoms with Crippen molar-refractivity contribution in [1.29, 1.82) is 0 Å². The van der Waals surface area contributed by atoms with E-state index in [9.17, 15) is 4.79 Å². The molecule has 1 atom stereocenters. The minimum Gasteiger partial charge on any atom is -0.494 e. The summed E-state index contributed by atoms with van der Waals surface area (Å²) in [6, 6.07) is 12.5. The van der Waals surface area contributed by atoms with Gasteiger partial charge in [0.1, 0.15) is 23.9 Å². The van der Waals surface area contributed by atoms with Crippen LogP contribution in [0.25, 0.3) is 11.1 Å². The van der Waals surface area contributed by atoms with Gasteiger partial charge in [-0.1, -0.05) is 6.07 Å². The van der Waals surface area contributed by atoms with Crippen molar-refractivity contribution in [3.8, 4) is 22.6 Å². The maximum atomic E-state index is 13.4. The molecule has 1 amide bonds. The zero-order valence-electron chi connectivity index (χ0n) is 28.2. The molecule has 7 rings (SSSR count). The third-order valence-electron chi connectivity index (χ3n) is 9.58. The average molecular weight is 669 g/mol. The van der Waals surface area contributed by atoms with Crippen LogP contribution in [0.1, 0.15) is 43.0 Å². The van der Waals surface area contributed by atoms with Gasteiger partial charge in [-0.2, -0.15) is 0 Å². The molecule has 3 fully saturated rings. The Balaban J connectivity index is 1.03. The molecule has 2 aromatic carbocycles. The van der Waals surface area contributed by atoms with E-state index < -0.39 is 0 Å². The number of hydrogen-bond acceptors (Lipinski definition) is 12. The summed E-state index contributed by atoms with van der Waals surface area (Å²) in [5.74, 6) is 1.67. The van der Waals surface area contributed by atoms with Crippen molar-refractivity contribution >= 4 is 23.2 Å². The number of carbonyl (C=O) groups is 1. The minimum absolute atomic E-state index is 0.0260. The quantitative estimate of drug-likeness (QED) is 0.248. The van der Waals surface area contributed by atoms with Crippen LogP contribution >= 0.6 is 0 Å². The van der Waals surface area contributed by atoms with Crippen molar-refractivity contribution in [2.45, 2.75) is 51.3 Å². The lowest BCUT2D eigenvalue weighted by molar-refractivity contribution is 0.0115. The molecule has 0 aliphatic carbocycles. The summed E-state index contributed by atoms with van der Waals surface area (Å²) in [5, 5.41) is 14.7. The highest BCUT2D eigenvalue weighted by molar-refractivity contribution is 5.97. The van der Waals surface area contributed by atoms with Gasteiger partial charge in [-0.15, -0.1) is 5.10 Å². The number of morpholine rings is 1. The molecule has 49 heavy (non-hydrogen) atoms. The van der Waals surface area contributed by atoms with Crippen molar-refractivity contribution < 1.29 is 19.0 Å². The molecule has 1 N–H and O–H groups in total. The lowest BCUT2D eigenvalue weighted by Gasteiger charge is -2.40. The molecule has 258 valence electrons. The Morgan fingerprint density at radius 1 is 0.959 bits per heavy atom. The molecule has 0 spiro atoms. The van der Waals surface area contributed by atoms with Crippen LogP contribution in [-0.4, -0.2) is 118 Å². The van der Waals surface area contributed by atoms with Crippen molar-refractivity contribution in [2.75, 3.05) is 69.8 Å². The molecule has 3 saturated heterocycles. The largest absolute Gasteiger partial charge is 0.494 e. The lowest BCUT2D eigenvalue weighted by atomic mass is 10.0. The van der Waals surface area contributed by atoms with E-state index in [1.807, 2.05) is 36.1 Å². The first-order valence-corrected chi connectivity index (χ1v) is 17.2. The number of rotatable bonds is 11. The number of anilines is 3. The van der Waals surface area contributed by atoms with E-state index in [0.29, 0.717) is 29.8 Å². The standard InChI is InChI=1S/C35H44N10O4/c1-25(23-45-24-38-40-41-45)49-32-19-26(5-7-30(32)34(46)44-11-3-4-12-44)27-21-36-35(37-22-27)39-31-8-6-29(20-33(31)47-2)42-13-9-28(10-14-42)43-15-17-48-18-16-43/h5-8,19-22,24-25,28H,3-4,9-18,23H2,1-2H3,(H,36,37,39). The normalized spacial score (nSPS) is 18.0. The maximum absolute atomic E-state index is 13.4. The predicted octanol–water partition coefficient (Wildman–Crippen LogP) is 3.89. The zero-order chi connectivity index (χ0) is 33.6. The van der Waals surface area contributed by atoms with Gasteiger partial charge in [0.15, 0.2) is 0 Å². The van der Waals surface area contributed by atoms with Crippen LogP contribution in [-0.2, 0) is 11.3 Å². The Labute approximate surface area is 286 Å². The molecule has 1 unspecified atom stereocenters. The first-order chi connectivity index (χ1) is 24.0. The number of tetrazole rings is 1. The minimum atomic E-state index is -0.282. The second-order valence-electron chi connectivity index (χ2n) is 12.8. The number of ether oxygens (including phenoxy) is 3. The topological polar surface area (TPSA) is 136 Å². The van der Waals surface area contributed by atoms with Crippen LogP contribution in [0.4, 0.5) is 17.3 Å². The van der Waals surface area contributed by atoms with Gasteiger partial charge in [0.2, 0.25) is 5.95 Å². The van der Waals surface area contributed by atoms with Crippen molar-refractivity contribution in [1.82, 2.24) is 40.0 Å². The summed E-state index contributed by atoms with van der Waals surface area (Å²) in [4.78, 5) is 29.5. The third-order valence-corrected chi connectivity index (χ3v) is 9.58. The van der Waals surface area contributed by atoms with Crippen molar-refractivity contribution in [2.24, 2.45) is 0 Å². The molecule has 5 heterocycles. The predicted molar refractivity (Wildman–Crippen MR) is 184 cm³/mol. The summed E-state index contributed by atoms with van der Waals surface area (Å²) in [5.41, 5.74) is 4.11. The van der Waals surface area contributed by atoms with E-state index in [1.54, 1.807) is 30.5 Å². The molecule has 0 saturated carbocycles. The van der Waals surface area contributed by atoms with E-state index in [0.717, 1.165) is 106 Å². The number of aromatic nitrogens is 6. The van der Waals surface area contributed by atoms with E-state index in [-0.39, 0.29) is 12.0 Å². The third kappa shape index (κ3) is 7.75. The van der Waals surface area contributed by atoms with Crippen LogP contribution in [0.15, 0.2) is 55.1 Å². The van der Waals surface area contributed by atoms with Crippen molar-refractivity contribution in [3.05, 3.63) is 60.7 Å². The molecule has 3 aliphatic rings. The van der Waals surface area contributed by atoms with Gasteiger partial charge in [0.25, 0.3) is 5.91 Å². The van der Waals surface area contributed by atoms with Gasteiger partial charge in [-0.3, -0.25) is 9.69 Å². The number of likely N-dealkylation sites (tertiary alicyclic amines) is 1. The van der Waals surface area contributed by atoms with Crippen LogP contribution in [0.5, 0.6) is 11.5 Å². The molecular formula is C35H44N10O4. The van der Waals surface area contributed by atoms with Crippen LogP contribution in [0.3, 0.4) is 0 Å². The Morgan fingerprint density at radius 2 is 1.73 bits per heavy atom. The monoisotopic (exact) mass is 668 g/mol. The number of hydrogen-bond donors (Lipinski definition) is 1. The SMILES string of the molecule is COc1cc(N2CCC(N3CCOCC3)CC2)ccc1Nc1ncc(-c2ccc(C(=O)N3CCCC3)c(OC(C)Cn3cnnn3)c2)cn1. The fourth-order valence-corrected chi connectivity index (χ4v) is 6.92. The molecule has 14 nitrogen and oxygen atoms in total. The molecule has 3 aliphatic heterocycles. The Morgan fingerprint density at radius 3 is 2.45 bits per heavy atom. The van der Waals surface area contributed by atoms with Crippen LogP contribution < -0.4 is 19.7 Å². The molecule has 0 bridgehead atoms. The van der Waals surface area contributed by atoms with Gasteiger partial charge in [0.05, 0.1) is 38.1 Å². The number of nitrogens with zero attached hydrogens (tertiary/aromatic N) is 9. The highest BCUT2D eigenvalue weighted by Gasteiger charge is 2.27. The second-order valence-corrected chi connectivity index (χ2v) is 12.8. The highest BCUT2D eigenvalue weighted by atomic mass is 16.5. The number of benzene rings is 2. The second kappa shape index (κ2) is 15.2. The number of methoxy groups -OCH3 is 1. The Kier molecular flexibility index (Phi) is 10.1. The van der Waals surface area contributed by atoms with Crippen LogP contribution in [0, 0.1) is 0 Å². The molecule has 4 aromatic rings. The van der Waals surface area contributed by atoms with Gasteiger partial charge in [-0.25, -0.2) is 14.6 Å². The molecule has 14 heteroatoms. The molecule has 2 aromatic heterocycles. The lowest BCUT2D eigenvalue weighted by Crippen LogP contribution is -2.49. The van der Waals surface area contributed by atoms with Gasteiger partial charge in [-0.05, 0) is 72.9 Å².